The first-order valence-corrected chi connectivity index (χ1v) is 4.67. The molecule has 0 saturated carbocycles. The van der Waals surface area contributed by atoms with Crippen LogP contribution in [0.25, 0.3) is 0 Å². The van der Waals surface area contributed by atoms with Crippen LogP contribution in [-0.2, 0) is 11.3 Å². The fourth-order valence-electron chi connectivity index (χ4n) is 1.47. The topological polar surface area (TPSA) is 63.1 Å². The van der Waals surface area contributed by atoms with Crippen molar-refractivity contribution in [2.75, 3.05) is 26.2 Å². The van der Waals surface area contributed by atoms with Gasteiger partial charge in [-0.25, -0.2) is 9.67 Å². The van der Waals surface area contributed by atoms with Gasteiger partial charge in [0, 0.05) is 26.2 Å². The Morgan fingerprint density at radius 3 is 2.86 bits per heavy atom. The average molecular weight is 195 g/mol. The Labute approximate surface area is 81.9 Å². The minimum absolute atomic E-state index is 0.108. The van der Waals surface area contributed by atoms with E-state index in [1.54, 1.807) is 11.0 Å². The van der Waals surface area contributed by atoms with Gasteiger partial charge in [-0.05, 0) is 0 Å². The molecule has 1 amide bonds. The highest BCUT2D eigenvalue weighted by Crippen LogP contribution is 1.95. The van der Waals surface area contributed by atoms with E-state index in [4.69, 9.17) is 0 Å². The van der Waals surface area contributed by atoms with Crippen LogP contribution in [0.15, 0.2) is 12.7 Å². The van der Waals surface area contributed by atoms with Gasteiger partial charge in [-0.15, -0.1) is 0 Å². The van der Waals surface area contributed by atoms with Gasteiger partial charge in [-0.1, -0.05) is 0 Å². The summed E-state index contributed by atoms with van der Waals surface area (Å²) < 4.78 is 1.55. The molecule has 1 aliphatic rings. The third-order valence-corrected chi connectivity index (χ3v) is 2.23. The van der Waals surface area contributed by atoms with E-state index in [1.165, 1.54) is 6.33 Å². The van der Waals surface area contributed by atoms with E-state index in [2.05, 4.69) is 15.4 Å². The summed E-state index contributed by atoms with van der Waals surface area (Å²) in [6, 6.07) is 0. The van der Waals surface area contributed by atoms with Crippen molar-refractivity contribution >= 4 is 5.91 Å². The van der Waals surface area contributed by atoms with E-state index in [1.807, 2.05) is 4.90 Å². The number of carbonyl (C=O) groups is 1. The molecule has 76 valence electrons. The highest BCUT2D eigenvalue weighted by molar-refractivity contribution is 5.75. The largest absolute Gasteiger partial charge is 0.339 e. The van der Waals surface area contributed by atoms with Crippen LogP contribution in [-0.4, -0.2) is 51.8 Å². The molecule has 0 spiro atoms. The maximum atomic E-state index is 11.7. The Kier molecular flexibility index (Phi) is 2.73. The fourth-order valence-corrected chi connectivity index (χ4v) is 1.47. The molecule has 6 heteroatoms. The SMILES string of the molecule is O=C(Cn1cncn1)N1CCNCC1. The molecule has 2 rings (SSSR count). The summed E-state index contributed by atoms with van der Waals surface area (Å²) in [5, 5.41) is 7.09. The summed E-state index contributed by atoms with van der Waals surface area (Å²) in [7, 11) is 0. The van der Waals surface area contributed by atoms with Crippen LogP contribution in [0.5, 0.6) is 0 Å². The number of amides is 1. The second kappa shape index (κ2) is 4.19. The number of piperazine rings is 1. The van der Waals surface area contributed by atoms with Gasteiger partial charge in [-0.2, -0.15) is 5.10 Å². The van der Waals surface area contributed by atoms with Gasteiger partial charge in [0.05, 0.1) is 0 Å². The van der Waals surface area contributed by atoms with Gasteiger partial charge >= 0.3 is 0 Å². The van der Waals surface area contributed by atoms with Crippen LogP contribution in [0.2, 0.25) is 0 Å². The molecule has 0 aromatic carbocycles. The lowest BCUT2D eigenvalue weighted by Gasteiger charge is -2.27. The standard InChI is InChI=1S/C8H13N5O/c14-8(5-13-7-10-6-11-13)12-3-1-9-2-4-12/h6-7,9H,1-5H2. The van der Waals surface area contributed by atoms with Crippen molar-refractivity contribution < 1.29 is 4.79 Å². The second-order valence-electron chi connectivity index (χ2n) is 3.22. The quantitative estimate of drug-likeness (QED) is 0.638. The molecule has 1 aliphatic heterocycles. The van der Waals surface area contributed by atoms with Gasteiger partial charge < -0.3 is 10.2 Å². The van der Waals surface area contributed by atoms with Crippen molar-refractivity contribution in [3.05, 3.63) is 12.7 Å². The molecule has 0 radical (unpaired) electrons. The van der Waals surface area contributed by atoms with Gasteiger partial charge in [0.25, 0.3) is 0 Å². The van der Waals surface area contributed by atoms with Gasteiger partial charge in [0.15, 0.2) is 0 Å². The zero-order valence-corrected chi connectivity index (χ0v) is 7.89. The number of nitrogens with one attached hydrogen (secondary N) is 1. The molecule has 1 fully saturated rings. The molecule has 0 atom stereocenters. The molecule has 0 aliphatic carbocycles. The molecule has 1 aromatic heterocycles. The smallest absolute Gasteiger partial charge is 0.244 e. The van der Waals surface area contributed by atoms with Crippen molar-refractivity contribution in [3.63, 3.8) is 0 Å². The van der Waals surface area contributed by atoms with Crippen molar-refractivity contribution in [1.82, 2.24) is 25.0 Å². The molecular formula is C8H13N5O. The normalized spacial score (nSPS) is 17.0. The van der Waals surface area contributed by atoms with E-state index in [0.29, 0.717) is 6.54 Å². The molecule has 0 unspecified atom stereocenters. The number of aromatic nitrogens is 3. The van der Waals surface area contributed by atoms with Crippen molar-refractivity contribution in [3.8, 4) is 0 Å². The van der Waals surface area contributed by atoms with E-state index in [-0.39, 0.29) is 5.91 Å². The van der Waals surface area contributed by atoms with Gasteiger partial charge in [0.1, 0.15) is 19.2 Å². The molecule has 1 aromatic rings. The number of hydrogen-bond donors (Lipinski definition) is 1. The predicted octanol–water partition coefficient (Wildman–Crippen LogP) is -1.29. The maximum absolute atomic E-state index is 11.7. The van der Waals surface area contributed by atoms with E-state index < -0.39 is 0 Å². The van der Waals surface area contributed by atoms with Gasteiger partial charge in [-0.3, -0.25) is 4.79 Å². The van der Waals surface area contributed by atoms with Crippen LogP contribution >= 0.6 is 0 Å². The second-order valence-corrected chi connectivity index (χ2v) is 3.22. The number of nitrogens with zero attached hydrogens (tertiary/aromatic N) is 4. The Morgan fingerprint density at radius 1 is 1.43 bits per heavy atom. The van der Waals surface area contributed by atoms with E-state index in [0.717, 1.165) is 26.2 Å². The third kappa shape index (κ3) is 2.08. The fraction of sp³-hybridized carbons (Fsp3) is 0.625. The molecule has 1 N–H and O–H groups in total. The minimum atomic E-state index is 0.108. The van der Waals surface area contributed by atoms with Crippen LogP contribution in [0, 0.1) is 0 Å². The van der Waals surface area contributed by atoms with Crippen molar-refractivity contribution in [2.24, 2.45) is 0 Å². The molecule has 2 heterocycles. The summed E-state index contributed by atoms with van der Waals surface area (Å²) >= 11 is 0. The lowest BCUT2D eigenvalue weighted by molar-refractivity contribution is -0.132. The van der Waals surface area contributed by atoms with Crippen LogP contribution in [0.3, 0.4) is 0 Å². The highest BCUT2D eigenvalue weighted by atomic mass is 16.2. The summed E-state index contributed by atoms with van der Waals surface area (Å²) in [5.74, 6) is 0.108. The van der Waals surface area contributed by atoms with Crippen LogP contribution in [0.4, 0.5) is 0 Å². The monoisotopic (exact) mass is 195 g/mol. The minimum Gasteiger partial charge on any atom is -0.339 e. The van der Waals surface area contributed by atoms with E-state index in [9.17, 15) is 4.79 Å². The predicted molar refractivity (Wildman–Crippen MR) is 49.5 cm³/mol. The van der Waals surface area contributed by atoms with Crippen molar-refractivity contribution in [1.29, 1.82) is 0 Å². The zero-order chi connectivity index (χ0) is 9.80. The Hall–Kier alpha value is -1.43. The highest BCUT2D eigenvalue weighted by Gasteiger charge is 2.16. The lowest BCUT2D eigenvalue weighted by Crippen LogP contribution is -2.47. The Balaban J connectivity index is 1.88. The number of rotatable bonds is 2. The average Bonchev–Trinajstić information content (AvgIpc) is 2.72. The molecule has 6 nitrogen and oxygen atoms in total. The third-order valence-electron chi connectivity index (χ3n) is 2.23. The summed E-state index contributed by atoms with van der Waals surface area (Å²) in [5.41, 5.74) is 0. The zero-order valence-electron chi connectivity index (χ0n) is 7.89. The van der Waals surface area contributed by atoms with Crippen molar-refractivity contribution in [2.45, 2.75) is 6.54 Å². The Bertz CT molecular complexity index is 291. The maximum Gasteiger partial charge on any atom is 0.244 e. The number of hydrogen-bond acceptors (Lipinski definition) is 4. The summed E-state index contributed by atoms with van der Waals surface area (Å²) in [6.07, 6.45) is 2.99. The first-order valence-electron chi connectivity index (χ1n) is 4.67. The first kappa shape index (κ1) is 9.14. The first-order chi connectivity index (χ1) is 6.86. The summed E-state index contributed by atoms with van der Waals surface area (Å²) in [4.78, 5) is 17.3. The van der Waals surface area contributed by atoms with Gasteiger partial charge in [0.2, 0.25) is 5.91 Å². The Morgan fingerprint density at radius 2 is 2.21 bits per heavy atom. The summed E-state index contributed by atoms with van der Waals surface area (Å²) in [6.45, 7) is 3.62. The van der Waals surface area contributed by atoms with E-state index >= 15 is 0 Å². The molecular weight excluding hydrogens is 182 g/mol. The van der Waals surface area contributed by atoms with Crippen LogP contribution in [0.1, 0.15) is 0 Å². The molecule has 1 saturated heterocycles. The molecule has 14 heavy (non-hydrogen) atoms. The molecule has 0 bridgehead atoms. The number of carbonyl (C=O) groups excluding carboxylic acids is 1. The lowest BCUT2D eigenvalue weighted by atomic mass is 10.3. The van der Waals surface area contributed by atoms with Crippen LogP contribution < -0.4 is 5.32 Å².